The van der Waals surface area contributed by atoms with E-state index in [1.807, 2.05) is 6.07 Å². The van der Waals surface area contributed by atoms with Crippen LogP contribution in [0.3, 0.4) is 0 Å². The molecule has 1 spiro atoms. The van der Waals surface area contributed by atoms with Crippen LogP contribution in [0.15, 0.2) is 24.3 Å². The fourth-order valence-corrected chi connectivity index (χ4v) is 3.56. The number of benzene rings is 1. The minimum atomic E-state index is -1.14. The highest BCUT2D eigenvalue weighted by atomic mass is 16.5. The van der Waals surface area contributed by atoms with Gasteiger partial charge in [-0.3, -0.25) is 14.5 Å². The van der Waals surface area contributed by atoms with Crippen LogP contribution in [-0.4, -0.2) is 67.1 Å². The Morgan fingerprint density at radius 2 is 1.92 bits per heavy atom. The van der Waals surface area contributed by atoms with Crippen molar-refractivity contribution in [2.45, 2.75) is 12.0 Å². The van der Waals surface area contributed by atoms with Gasteiger partial charge in [-0.05, 0) is 6.07 Å². The first-order valence-electron chi connectivity index (χ1n) is 8.34. The predicted molar refractivity (Wildman–Crippen MR) is 85.9 cm³/mol. The summed E-state index contributed by atoms with van der Waals surface area (Å²) < 4.78 is 10.8. The number of morpholine rings is 1. The van der Waals surface area contributed by atoms with Crippen LogP contribution in [0.1, 0.15) is 12.0 Å². The molecule has 2 saturated heterocycles. The van der Waals surface area contributed by atoms with E-state index in [-0.39, 0.29) is 12.5 Å². The highest BCUT2D eigenvalue weighted by molar-refractivity contribution is 6.09. The zero-order valence-corrected chi connectivity index (χ0v) is 13.7. The number of nitrogens with one attached hydrogen (secondary N) is 1. The molecule has 4 rings (SSSR count). The summed E-state index contributed by atoms with van der Waals surface area (Å²) in [7, 11) is 0. The molecule has 1 N–H and O–H groups in total. The first-order chi connectivity index (χ1) is 12.1. The molecule has 3 aliphatic heterocycles. The Bertz CT molecular complexity index is 731. The van der Waals surface area contributed by atoms with Crippen LogP contribution >= 0.6 is 0 Å². The normalized spacial score (nSPS) is 25.6. The van der Waals surface area contributed by atoms with Gasteiger partial charge in [-0.15, -0.1) is 0 Å². The maximum Gasteiger partial charge on any atom is 0.325 e. The molecular weight excluding hydrogens is 326 g/mol. The molecule has 0 saturated carbocycles. The molecule has 0 radical (unpaired) electrons. The SMILES string of the molecule is O=C(CN1C(=O)N[C@@]2(CCOc3ccccc32)C1=O)N1CCOCC1. The number of carbonyl (C=O) groups excluding carboxylic acids is 3. The van der Waals surface area contributed by atoms with Crippen LogP contribution in [0.5, 0.6) is 5.75 Å². The molecule has 1 aromatic carbocycles. The summed E-state index contributed by atoms with van der Waals surface area (Å²) in [6.07, 6.45) is 0.344. The highest BCUT2D eigenvalue weighted by Gasteiger charge is 2.55. The van der Waals surface area contributed by atoms with E-state index in [2.05, 4.69) is 5.32 Å². The first kappa shape index (κ1) is 15.9. The van der Waals surface area contributed by atoms with E-state index >= 15 is 0 Å². The molecule has 8 nitrogen and oxygen atoms in total. The maximum absolute atomic E-state index is 13.1. The molecule has 0 unspecified atom stereocenters. The molecular formula is C17H19N3O5. The van der Waals surface area contributed by atoms with Gasteiger partial charge in [-0.2, -0.15) is 0 Å². The number of rotatable bonds is 2. The molecule has 0 aromatic heterocycles. The summed E-state index contributed by atoms with van der Waals surface area (Å²) in [5.74, 6) is -0.0530. The van der Waals surface area contributed by atoms with E-state index in [4.69, 9.17) is 9.47 Å². The molecule has 132 valence electrons. The Morgan fingerprint density at radius 1 is 1.16 bits per heavy atom. The summed E-state index contributed by atoms with van der Waals surface area (Å²) in [6, 6.07) is 6.63. The second kappa shape index (κ2) is 6.03. The highest BCUT2D eigenvalue weighted by Crippen LogP contribution is 2.40. The van der Waals surface area contributed by atoms with Crippen molar-refractivity contribution in [3.63, 3.8) is 0 Å². The van der Waals surface area contributed by atoms with Crippen LogP contribution in [-0.2, 0) is 19.9 Å². The minimum absolute atomic E-state index is 0.246. The Labute approximate surface area is 144 Å². The van der Waals surface area contributed by atoms with Crippen LogP contribution in [0.4, 0.5) is 4.79 Å². The number of nitrogens with zero attached hydrogens (tertiary/aromatic N) is 2. The molecule has 25 heavy (non-hydrogen) atoms. The lowest BCUT2D eigenvalue weighted by Crippen LogP contribution is -2.49. The number of ether oxygens (including phenoxy) is 2. The van der Waals surface area contributed by atoms with E-state index in [1.54, 1.807) is 23.1 Å². The topological polar surface area (TPSA) is 88.2 Å². The zero-order valence-electron chi connectivity index (χ0n) is 13.7. The Hall–Kier alpha value is -2.61. The molecule has 0 aliphatic carbocycles. The van der Waals surface area contributed by atoms with Crippen LogP contribution in [0.25, 0.3) is 0 Å². The molecule has 3 aliphatic rings. The standard InChI is InChI=1S/C17H19N3O5/c21-14(19-6-9-24-10-7-19)11-20-15(22)17(18-16(20)23)5-8-25-13-4-2-1-3-12(13)17/h1-4H,5-11H2,(H,18,23)/t17-/m1/s1. The molecule has 2 fully saturated rings. The maximum atomic E-state index is 13.1. The van der Waals surface area contributed by atoms with E-state index in [0.717, 1.165) is 4.90 Å². The fourth-order valence-electron chi connectivity index (χ4n) is 3.56. The fraction of sp³-hybridized carbons (Fsp3) is 0.471. The molecule has 0 bridgehead atoms. The Kier molecular flexibility index (Phi) is 3.84. The van der Waals surface area contributed by atoms with Crippen molar-refractivity contribution in [3.05, 3.63) is 29.8 Å². The van der Waals surface area contributed by atoms with Crippen molar-refractivity contribution < 1.29 is 23.9 Å². The smallest absolute Gasteiger partial charge is 0.325 e. The van der Waals surface area contributed by atoms with Gasteiger partial charge in [0.25, 0.3) is 5.91 Å². The lowest BCUT2D eigenvalue weighted by Gasteiger charge is -2.33. The minimum Gasteiger partial charge on any atom is -0.493 e. The van der Waals surface area contributed by atoms with Gasteiger partial charge < -0.3 is 19.7 Å². The van der Waals surface area contributed by atoms with Crippen molar-refractivity contribution in [2.24, 2.45) is 0 Å². The second-order valence-corrected chi connectivity index (χ2v) is 6.31. The number of hydrogen-bond acceptors (Lipinski definition) is 5. The molecule has 1 aromatic rings. The summed E-state index contributed by atoms with van der Waals surface area (Å²) in [4.78, 5) is 40.6. The number of para-hydroxylation sites is 1. The third-order valence-corrected chi connectivity index (χ3v) is 4.91. The van der Waals surface area contributed by atoms with Crippen molar-refractivity contribution in [3.8, 4) is 5.75 Å². The van der Waals surface area contributed by atoms with Crippen molar-refractivity contribution in [1.82, 2.24) is 15.1 Å². The van der Waals surface area contributed by atoms with Crippen molar-refractivity contribution >= 4 is 17.8 Å². The second-order valence-electron chi connectivity index (χ2n) is 6.31. The lowest BCUT2D eigenvalue weighted by atomic mass is 9.84. The van der Waals surface area contributed by atoms with E-state index in [9.17, 15) is 14.4 Å². The largest absolute Gasteiger partial charge is 0.493 e. The number of fused-ring (bicyclic) bond motifs is 2. The summed E-state index contributed by atoms with van der Waals surface area (Å²) in [5.41, 5.74) is -0.502. The van der Waals surface area contributed by atoms with Gasteiger partial charge in [0.1, 0.15) is 12.3 Å². The number of carbonyl (C=O) groups is 3. The number of amides is 4. The van der Waals surface area contributed by atoms with Gasteiger partial charge in [0.2, 0.25) is 5.91 Å². The van der Waals surface area contributed by atoms with Gasteiger partial charge in [0, 0.05) is 25.1 Å². The van der Waals surface area contributed by atoms with Crippen molar-refractivity contribution in [1.29, 1.82) is 0 Å². The van der Waals surface area contributed by atoms with Crippen LogP contribution in [0.2, 0.25) is 0 Å². The summed E-state index contributed by atoms with van der Waals surface area (Å²) in [6.45, 7) is 1.97. The monoisotopic (exact) mass is 345 g/mol. The number of urea groups is 1. The van der Waals surface area contributed by atoms with Gasteiger partial charge in [0.05, 0.1) is 19.8 Å². The quantitative estimate of drug-likeness (QED) is 0.767. The van der Waals surface area contributed by atoms with Gasteiger partial charge in [-0.1, -0.05) is 18.2 Å². The zero-order chi connectivity index (χ0) is 17.4. The van der Waals surface area contributed by atoms with E-state index in [1.165, 1.54) is 0 Å². The number of imide groups is 1. The van der Waals surface area contributed by atoms with Gasteiger partial charge >= 0.3 is 6.03 Å². The van der Waals surface area contributed by atoms with Gasteiger partial charge in [-0.25, -0.2) is 4.79 Å². The van der Waals surface area contributed by atoms with E-state index < -0.39 is 17.5 Å². The first-order valence-corrected chi connectivity index (χ1v) is 8.34. The lowest BCUT2D eigenvalue weighted by molar-refractivity contribution is -0.141. The van der Waals surface area contributed by atoms with Gasteiger partial charge in [0.15, 0.2) is 5.54 Å². The molecule has 1 atom stereocenters. The third-order valence-electron chi connectivity index (χ3n) is 4.91. The molecule has 8 heteroatoms. The van der Waals surface area contributed by atoms with Crippen LogP contribution in [0, 0.1) is 0 Å². The molecule has 4 amide bonds. The predicted octanol–water partition coefficient (Wildman–Crippen LogP) is 0.0750. The average molecular weight is 345 g/mol. The summed E-state index contributed by atoms with van der Waals surface area (Å²) in [5, 5.41) is 2.80. The Balaban J connectivity index is 1.58. The van der Waals surface area contributed by atoms with Crippen molar-refractivity contribution in [2.75, 3.05) is 39.5 Å². The number of hydrogen-bond donors (Lipinski definition) is 1. The van der Waals surface area contributed by atoms with E-state index in [0.29, 0.717) is 50.6 Å². The Morgan fingerprint density at radius 3 is 2.72 bits per heavy atom. The third kappa shape index (κ3) is 2.53. The molecule has 3 heterocycles. The van der Waals surface area contributed by atoms with Crippen LogP contribution < -0.4 is 10.1 Å². The summed E-state index contributed by atoms with van der Waals surface area (Å²) >= 11 is 0. The average Bonchev–Trinajstić information content (AvgIpc) is 2.88.